The predicted molar refractivity (Wildman–Crippen MR) is 75.8 cm³/mol. The molecule has 0 bridgehead atoms. The molecule has 1 unspecified atom stereocenters. The highest BCUT2D eigenvalue weighted by molar-refractivity contribution is 5.84. The fourth-order valence-corrected chi connectivity index (χ4v) is 2.70. The number of carbonyl (C=O) groups is 1. The molecule has 4 nitrogen and oxygen atoms in total. The quantitative estimate of drug-likeness (QED) is 0.784. The number of nitrogens with one attached hydrogen (secondary N) is 3. The molecular formula is C15H19N3O. The van der Waals surface area contributed by atoms with Gasteiger partial charge in [0.1, 0.15) is 0 Å². The summed E-state index contributed by atoms with van der Waals surface area (Å²) in [7, 11) is 0. The first-order valence-electron chi connectivity index (χ1n) is 6.88. The van der Waals surface area contributed by atoms with Crippen molar-refractivity contribution in [2.24, 2.45) is 0 Å². The van der Waals surface area contributed by atoms with Crippen molar-refractivity contribution in [3.8, 4) is 0 Å². The van der Waals surface area contributed by atoms with Crippen LogP contribution in [-0.2, 0) is 11.3 Å². The molecule has 0 radical (unpaired) electrons. The minimum atomic E-state index is 0.129. The number of amides is 1. The van der Waals surface area contributed by atoms with Crippen LogP contribution >= 0.6 is 0 Å². The zero-order valence-corrected chi connectivity index (χ0v) is 10.9. The van der Waals surface area contributed by atoms with Crippen LogP contribution in [0.4, 0.5) is 0 Å². The molecule has 3 rings (SSSR count). The first kappa shape index (κ1) is 12.2. The number of para-hydroxylation sites is 1. The lowest BCUT2D eigenvalue weighted by atomic mass is 10.1. The van der Waals surface area contributed by atoms with Crippen molar-refractivity contribution < 1.29 is 4.79 Å². The zero-order chi connectivity index (χ0) is 13.1. The molecule has 0 saturated carbocycles. The summed E-state index contributed by atoms with van der Waals surface area (Å²) in [5.74, 6) is 0.129. The molecule has 1 saturated heterocycles. The third kappa shape index (κ3) is 2.79. The summed E-state index contributed by atoms with van der Waals surface area (Å²) in [4.78, 5) is 15.1. The highest BCUT2D eigenvalue weighted by Gasteiger charge is 2.17. The van der Waals surface area contributed by atoms with Crippen molar-refractivity contribution in [2.45, 2.75) is 31.8 Å². The Morgan fingerprint density at radius 1 is 1.37 bits per heavy atom. The van der Waals surface area contributed by atoms with Crippen LogP contribution < -0.4 is 10.6 Å². The fourth-order valence-electron chi connectivity index (χ4n) is 2.70. The third-order valence-corrected chi connectivity index (χ3v) is 3.75. The van der Waals surface area contributed by atoms with Gasteiger partial charge in [0.05, 0.1) is 0 Å². The van der Waals surface area contributed by atoms with Crippen LogP contribution in [0.5, 0.6) is 0 Å². The Bertz CT molecular complexity index is 570. The topological polar surface area (TPSA) is 56.9 Å². The monoisotopic (exact) mass is 257 g/mol. The molecule has 1 aliphatic rings. The van der Waals surface area contributed by atoms with E-state index in [9.17, 15) is 4.79 Å². The van der Waals surface area contributed by atoms with Crippen LogP contribution in [0.2, 0.25) is 0 Å². The first-order valence-corrected chi connectivity index (χ1v) is 6.88. The molecule has 0 aliphatic carbocycles. The lowest BCUT2D eigenvalue weighted by molar-refractivity contribution is -0.121. The van der Waals surface area contributed by atoms with Crippen molar-refractivity contribution in [3.05, 3.63) is 36.0 Å². The van der Waals surface area contributed by atoms with Gasteiger partial charge >= 0.3 is 0 Å². The Morgan fingerprint density at radius 2 is 2.26 bits per heavy atom. The minimum Gasteiger partial charge on any atom is -0.361 e. The van der Waals surface area contributed by atoms with Gasteiger partial charge in [0.2, 0.25) is 5.91 Å². The number of benzene rings is 1. The Hall–Kier alpha value is -1.81. The van der Waals surface area contributed by atoms with E-state index in [1.165, 1.54) is 11.8 Å². The number of aromatic nitrogens is 1. The summed E-state index contributed by atoms with van der Waals surface area (Å²) in [6.07, 6.45) is 4.85. The molecule has 2 heterocycles. The number of hydrogen-bond donors (Lipinski definition) is 3. The number of H-pyrrole nitrogens is 1. The number of rotatable bonds is 4. The van der Waals surface area contributed by atoms with Crippen molar-refractivity contribution in [2.75, 3.05) is 6.54 Å². The van der Waals surface area contributed by atoms with E-state index >= 15 is 0 Å². The Balaban J connectivity index is 1.58. The van der Waals surface area contributed by atoms with E-state index in [4.69, 9.17) is 0 Å². The minimum absolute atomic E-state index is 0.129. The standard InChI is InChI=1S/C15H19N3O/c19-15(8-12-4-3-7-16-12)18-10-11-9-17-14-6-2-1-5-13(11)14/h1-2,5-6,9,12,16-17H,3-4,7-8,10H2,(H,18,19). The molecule has 2 aromatic rings. The second-order valence-corrected chi connectivity index (χ2v) is 5.13. The number of carbonyl (C=O) groups excluding carboxylic acids is 1. The second-order valence-electron chi connectivity index (χ2n) is 5.13. The molecule has 1 aromatic heterocycles. The Kier molecular flexibility index (Phi) is 3.51. The van der Waals surface area contributed by atoms with Crippen molar-refractivity contribution in [3.63, 3.8) is 0 Å². The number of fused-ring (bicyclic) bond motifs is 1. The molecule has 4 heteroatoms. The van der Waals surface area contributed by atoms with Crippen molar-refractivity contribution in [1.82, 2.24) is 15.6 Å². The third-order valence-electron chi connectivity index (χ3n) is 3.75. The van der Waals surface area contributed by atoms with Gasteiger partial charge in [0.15, 0.2) is 0 Å². The lowest BCUT2D eigenvalue weighted by Crippen LogP contribution is -2.31. The van der Waals surface area contributed by atoms with Gasteiger partial charge < -0.3 is 15.6 Å². The molecule has 100 valence electrons. The molecule has 1 aliphatic heterocycles. The summed E-state index contributed by atoms with van der Waals surface area (Å²) in [5.41, 5.74) is 2.26. The van der Waals surface area contributed by atoms with E-state index in [1.807, 2.05) is 24.4 Å². The Labute approximate surface area is 112 Å². The van der Waals surface area contributed by atoms with Crippen LogP contribution in [0.3, 0.4) is 0 Å². The summed E-state index contributed by atoms with van der Waals surface area (Å²) in [6.45, 7) is 1.63. The molecule has 1 atom stereocenters. The van der Waals surface area contributed by atoms with Gasteiger partial charge in [-0.25, -0.2) is 0 Å². The van der Waals surface area contributed by atoms with E-state index in [-0.39, 0.29) is 5.91 Å². The highest BCUT2D eigenvalue weighted by Crippen LogP contribution is 2.17. The van der Waals surface area contributed by atoms with Crippen molar-refractivity contribution >= 4 is 16.8 Å². The highest BCUT2D eigenvalue weighted by atomic mass is 16.1. The zero-order valence-electron chi connectivity index (χ0n) is 10.9. The summed E-state index contributed by atoms with van der Waals surface area (Å²) in [6, 6.07) is 8.51. The summed E-state index contributed by atoms with van der Waals surface area (Å²) in [5, 5.41) is 7.53. The maximum absolute atomic E-state index is 11.9. The van der Waals surface area contributed by atoms with E-state index in [1.54, 1.807) is 0 Å². The molecule has 1 aromatic carbocycles. The van der Waals surface area contributed by atoms with Crippen LogP contribution in [0.25, 0.3) is 10.9 Å². The van der Waals surface area contributed by atoms with Crippen LogP contribution in [0, 0.1) is 0 Å². The average Bonchev–Trinajstić information content (AvgIpc) is 3.05. The average molecular weight is 257 g/mol. The summed E-state index contributed by atoms with van der Waals surface area (Å²) < 4.78 is 0. The normalized spacial score (nSPS) is 18.8. The maximum atomic E-state index is 11.9. The van der Waals surface area contributed by atoms with Crippen molar-refractivity contribution in [1.29, 1.82) is 0 Å². The predicted octanol–water partition coefficient (Wildman–Crippen LogP) is 1.93. The van der Waals surface area contributed by atoms with Gasteiger partial charge in [-0.1, -0.05) is 18.2 Å². The smallest absolute Gasteiger partial charge is 0.221 e. The van der Waals surface area contributed by atoms with E-state index in [0.717, 1.165) is 24.0 Å². The number of aromatic amines is 1. The van der Waals surface area contributed by atoms with Gasteiger partial charge in [-0.05, 0) is 31.0 Å². The summed E-state index contributed by atoms with van der Waals surface area (Å²) >= 11 is 0. The largest absolute Gasteiger partial charge is 0.361 e. The van der Waals surface area contributed by atoms with Gasteiger partial charge in [-0.15, -0.1) is 0 Å². The molecule has 1 fully saturated rings. The maximum Gasteiger partial charge on any atom is 0.221 e. The van der Waals surface area contributed by atoms with Gasteiger partial charge in [-0.2, -0.15) is 0 Å². The lowest BCUT2D eigenvalue weighted by Gasteiger charge is -2.10. The van der Waals surface area contributed by atoms with Crippen LogP contribution in [0.15, 0.2) is 30.5 Å². The van der Waals surface area contributed by atoms with Gasteiger partial charge in [-0.3, -0.25) is 4.79 Å². The van der Waals surface area contributed by atoms with E-state index in [2.05, 4.69) is 21.7 Å². The Morgan fingerprint density at radius 3 is 3.11 bits per heavy atom. The first-order chi connectivity index (χ1) is 9.33. The fraction of sp³-hybridized carbons (Fsp3) is 0.400. The molecule has 1 amide bonds. The van der Waals surface area contributed by atoms with E-state index < -0.39 is 0 Å². The molecule has 3 N–H and O–H groups in total. The van der Waals surface area contributed by atoms with Gasteiger partial charge in [0, 0.05) is 36.1 Å². The SMILES string of the molecule is O=C(CC1CCCN1)NCc1c[nH]c2ccccc12. The van der Waals surface area contributed by atoms with Crippen LogP contribution in [-0.4, -0.2) is 23.5 Å². The molecular weight excluding hydrogens is 238 g/mol. The second kappa shape index (κ2) is 5.45. The van der Waals surface area contributed by atoms with E-state index in [0.29, 0.717) is 19.0 Å². The number of hydrogen-bond acceptors (Lipinski definition) is 2. The van der Waals surface area contributed by atoms with Crippen LogP contribution in [0.1, 0.15) is 24.8 Å². The molecule has 19 heavy (non-hydrogen) atoms. The van der Waals surface area contributed by atoms with Gasteiger partial charge in [0.25, 0.3) is 0 Å². The molecule has 0 spiro atoms.